The van der Waals surface area contributed by atoms with Crippen LogP contribution in [0.4, 0.5) is 0 Å². The van der Waals surface area contributed by atoms with Gasteiger partial charge in [0.2, 0.25) is 5.79 Å². The van der Waals surface area contributed by atoms with E-state index in [0.717, 1.165) is 5.57 Å². The smallest absolute Gasteiger partial charge is 0.336 e. The van der Waals surface area contributed by atoms with Crippen molar-refractivity contribution in [2.24, 2.45) is 10.9 Å². The largest absolute Gasteiger partial charge is 0.454 e. The van der Waals surface area contributed by atoms with E-state index in [1.807, 2.05) is 13.8 Å². The van der Waals surface area contributed by atoms with Crippen molar-refractivity contribution in [2.75, 3.05) is 21.2 Å². The fraction of sp³-hybridized carbons (Fsp3) is 0.500. The van der Waals surface area contributed by atoms with Crippen LogP contribution in [0.25, 0.3) is 0 Å². The molecule has 0 bridgehead atoms. The molecule has 3 atom stereocenters. The third-order valence-corrected chi connectivity index (χ3v) is 5.39. The number of aliphatic imine (C=N–C) groups is 1. The van der Waals surface area contributed by atoms with Gasteiger partial charge in [-0.3, -0.25) is 4.79 Å². The van der Waals surface area contributed by atoms with Crippen LogP contribution in [0.15, 0.2) is 51.6 Å². The number of hydrogen-bond acceptors (Lipinski definition) is 6. The zero-order chi connectivity index (χ0) is 24.2. The molecule has 0 aromatic heterocycles. The Morgan fingerprint density at radius 1 is 1.31 bits per heavy atom. The molecule has 0 aromatic rings. The molecule has 0 radical (unpaired) electrons. The van der Waals surface area contributed by atoms with Gasteiger partial charge in [-0.25, -0.2) is 9.59 Å². The minimum atomic E-state index is -1.40. The number of nitrogens with zero attached hydrogens (tertiary/aromatic N) is 2. The average molecular weight is 445 g/mol. The maximum absolute atomic E-state index is 12.6. The Labute approximate surface area is 189 Å². The molecule has 32 heavy (non-hydrogen) atoms. The van der Waals surface area contributed by atoms with Gasteiger partial charge in [-0.2, -0.15) is 4.99 Å². The van der Waals surface area contributed by atoms with Crippen molar-refractivity contribution in [2.45, 2.75) is 52.4 Å². The number of amides is 1. The highest BCUT2D eigenvalue weighted by Gasteiger charge is 2.52. The number of hydrogen-bond donors (Lipinski definition) is 0. The van der Waals surface area contributed by atoms with Gasteiger partial charge in [0.05, 0.1) is 12.3 Å². The van der Waals surface area contributed by atoms with E-state index in [2.05, 4.69) is 11.6 Å². The second-order valence-electron chi connectivity index (χ2n) is 8.52. The summed E-state index contributed by atoms with van der Waals surface area (Å²) in [6.07, 6.45) is 4.69. The summed E-state index contributed by atoms with van der Waals surface area (Å²) >= 11 is 0. The molecular formula is C24H32N2O6. The van der Waals surface area contributed by atoms with E-state index in [9.17, 15) is 14.4 Å². The number of carbonyl (C=O) groups excluding carboxylic acids is 3. The third kappa shape index (κ3) is 5.43. The number of rotatable bonds is 9. The van der Waals surface area contributed by atoms with Crippen LogP contribution < -0.4 is 0 Å². The van der Waals surface area contributed by atoms with Crippen LogP contribution in [-0.4, -0.2) is 62.2 Å². The van der Waals surface area contributed by atoms with Gasteiger partial charge in [0.15, 0.2) is 0 Å². The summed E-state index contributed by atoms with van der Waals surface area (Å²) in [4.78, 5) is 42.7. The van der Waals surface area contributed by atoms with E-state index in [1.165, 1.54) is 13.4 Å². The lowest BCUT2D eigenvalue weighted by Crippen LogP contribution is -2.46. The van der Waals surface area contributed by atoms with Crippen molar-refractivity contribution in [1.82, 2.24) is 4.90 Å². The molecule has 0 spiro atoms. The molecule has 0 fully saturated rings. The van der Waals surface area contributed by atoms with Gasteiger partial charge < -0.3 is 19.1 Å². The first-order valence-corrected chi connectivity index (χ1v) is 10.4. The highest BCUT2D eigenvalue weighted by atomic mass is 16.7. The molecule has 2 aliphatic rings. The number of methoxy groups -OCH3 is 1. The highest BCUT2D eigenvalue weighted by molar-refractivity contribution is 5.99. The SMILES string of the molecule is C=C(C)[C@H]([C@H]1C=C(CCC(C(=O)N=CN(C)C)=C(C)C)C(=O)O1)[C@]1(OC)C=C(C)C(=O)O1. The molecule has 0 aromatic carbocycles. The van der Waals surface area contributed by atoms with Crippen molar-refractivity contribution in [1.29, 1.82) is 0 Å². The van der Waals surface area contributed by atoms with Crippen molar-refractivity contribution in [3.8, 4) is 0 Å². The highest BCUT2D eigenvalue weighted by Crippen LogP contribution is 2.41. The average Bonchev–Trinajstić information content (AvgIpc) is 3.19. The molecule has 0 saturated heterocycles. The number of cyclic esters (lactones) is 2. The molecule has 0 aliphatic carbocycles. The monoisotopic (exact) mass is 444 g/mol. The summed E-state index contributed by atoms with van der Waals surface area (Å²) < 4.78 is 16.7. The topological polar surface area (TPSA) is 94.5 Å². The molecular weight excluding hydrogens is 412 g/mol. The molecule has 0 unspecified atom stereocenters. The number of carbonyl (C=O) groups is 3. The zero-order valence-corrected chi connectivity index (χ0v) is 19.9. The van der Waals surface area contributed by atoms with E-state index in [0.29, 0.717) is 35.1 Å². The van der Waals surface area contributed by atoms with Gasteiger partial charge in [0.1, 0.15) is 6.10 Å². The molecule has 8 heteroatoms. The first kappa shape index (κ1) is 25.3. The number of allylic oxidation sites excluding steroid dienone is 1. The fourth-order valence-electron chi connectivity index (χ4n) is 3.77. The summed E-state index contributed by atoms with van der Waals surface area (Å²) in [5, 5.41) is 0. The van der Waals surface area contributed by atoms with Gasteiger partial charge in [0.25, 0.3) is 5.91 Å². The fourth-order valence-corrected chi connectivity index (χ4v) is 3.77. The van der Waals surface area contributed by atoms with E-state index in [4.69, 9.17) is 14.2 Å². The predicted molar refractivity (Wildman–Crippen MR) is 121 cm³/mol. The van der Waals surface area contributed by atoms with Gasteiger partial charge in [-0.05, 0) is 52.7 Å². The summed E-state index contributed by atoms with van der Waals surface area (Å²) in [6.45, 7) is 11.1. The van der Waals surface area contributed by atoms with E-state index < -0.39 is 29.7 Å². The van der Waals surface area contributed by atoms with Crippen LogP contribution in [0.3, 0.4) is 0 Å². The Hall–Kier alpha value is -3.00. The number of esters is 2. The molecule has 8 nitrogen and oxygen atoms in total. The van der Waals surface area contributed by atoms with Crippen molar-refractivity contribution in [3.63, 3.8) is 0 Å². The van der Waals surface area contributed by atoms with E-state index >= 15 is 0 Å². The van der Waals surface area contributed by atoms with Crippen molar-refractivity contribution >= 4 is 24.2 Å². The molecule has 1 amide bonds. The number of ether oxygens (including phenoxy) is 3. The molecule has 0 N–H and O–H groups in total. The van der Waals surface area contributed by atoms with Gasteiger partial charge in [-0.1, -0.05) is 17.7 Å². The lowest BCUT2D eigenvalue weighted by molar-refractivity contribution is -0.213. The standard InChI is InChI=1S/C24H32N2O6/c1-14(2)18(21(27)25-13-26(6)7)10-9-17-11-19(31-23(17)29)20(15(3)4)24(30-8)12-16(5)22(28)32-24/h11-13,19-20H,3,9-10H2,1-2,4-8H3/t19-,20-,24+/m1/s1. The van der Waals surface area contributed by atoms with Crippen LogP contribution >= 0.6 is 0 Å². The Balaban J connectivity index is 2.25. The molecule has 2 heterocycles. The summed E-state index contributed by atoms with van der Waals surface area (Å²) in [5.41, 5.74) is 2.88. The second kappa shape index (κ2) is 10.1. The van der Waals surface area contributed by atoms with Gasteiger partial charge in [-0.15, -0.1) is 0 Å². The van der Waals surface area contributed by atoms with E-state index in [-0.39, 0.29) is 5.91 Å². The van der Waals surface area contributed by atoms with E-state index in [1.54, 1.807) is 45.0 Å². The zero-order valence-electron chi connectivity index (χ0n) is 19.9. The van der Waals surface area contributed by atoms with Crippen LogP contribution in [0, 0.1) is 5.92 Å². The Morgan fingerprint density at radius 2 is 1.97 bits per heavy atom. The van der Waals surface area contributed by atoms with Gasteiger partial charge in [0, 0.05) is 37.9 Å². The minimum Gasteiger partial charge on any atom is -0.454 e. The first-order chi connectivity index (χ1) is 14.9. The molecule has 174 valence electrons. The molecule has 2 aliphatic heterocycles. The van der Waals surface area contributed by atoms with Gasteiger partial charge >= 0.3 is 11.9 Å². The maximum atomic E-state index is 12.6. The Bertz CT molecular complexity index is 936. The Morgan fingerprint density at radius 3 is 2.44 bits per heavy atom. The first-order valence-electron chi connectivity index (χ1n) is 10.4. The molecule has 0 saturated carbocycles. The normalized spacial score (nSPS) is 23.4. The van der Waals surface area contributed by atoms with Crippen LogP contribution in [0.1, 0.15) is 40.5 Å². The lowest BCUT2D eigenvalue weighted by atomic mass is 9.85. The van der Waals surface area contributed by atoms with Crippen molar-refractivity contribution in [3.05, 3.63) is 46.6 Å². The van der Waals surface area contributed by atoms with Crippen molar-refractivity contribution < 1.29 is 28.6 Å². The lowest BCUT2D eigenvalue weighted by Gasteiger charge is -2.36. The summed E-state index contributed by atoms with van der Waals surface area (Å²) in [6, 6.07) is 0. The Kier molecular flexibility index (Phi) is 7.96. The summed E-state index contributed by atoms with van der Waals surface area (Å²) in [5.74, 6) is -3.32. The minimum absolute atomic E-state index is 0.316. The molecule has 2 rings (SSSR count). The van der Waals surface area contributed by atoms with Crippen LogP contribution in [-0.2, 0) is 28.6 Å². The maximum Gasteiger partial charge on any atom is 0.336 e. The summed E-state index contributed by atoms with van der Waals surface area (Å²) in [7, 11) is 4.99. The predicted octanol–water partition coefficient (Wildman–Crippen LogP) is 3.11. The second-order valence-corrected chi connectivity index (χ2v) is 8.52. The van der Waals surface area contributed by atoms with Crippen LogP contribution in [0.2, 0.25) is 0 Å². The van der Waals surface area contributed by atoms with Crippen LogP contribution in [0.5, 0.6) is 0 Å². The third-order valence-electron chi connectivity index (χ3n) is 5.39. The quantitative estimate of drug-likeness (QED) is 0.177.